The molecular weight excluding hydrogens is 330 g/mol. The fourth-order valence-electron chi connectivity index (χ4n) is 2.78. The van der Waals surface area contributed by atoms with E-state index >= 15 is 0 Å². The van der Waals surface area contributed by atoms with E-state index < -0.39 is 5.60 Å². The smallest absolute Gasteiger partial charge is 0.411 e. The third-order valence-corrected chi connectivity index (χ3v) is 3.95. The van der Waals surface area contributed by atoms with Gasteiger partial charge >= 0.3 is 6.09 Å². The summed E-state index contributed by atoms with van der Waals surface area (Å²) in [7, 11) is 0. The minimum atomic E-state index is -0.522. The average molecular weight is 350 g/mol. The lowest BCUT2D eigenvalue weighted by Gasteiger charge is -2.29. The molecule has 1 unspecified atom stereocenters. The van der Waals surface area contributed by atoms with Gasteiger partial charge in [-0.05, 0) is 45.2 Å². The van der Waals surface area contributed by atoms with Crippen LogP contribution in [0.3, 0.4) is 0 Å². The fraction of sp³-hybridized carbons (Fsp3) is 0.500. The van der Waals surface area contributed by atoms with Gasteiger partial charge in [-0.25, -0.2) is 19.7 Å². The molecule has 1 fully saturated rings. The summed E-state index contributed by atoms with van der Waals surface area (Å²) in [5, 5.41) is 0.195. The zero-order valence-corrected chi connectivity index (χ0v) is 14.7. The first kappa shape index (κ1) is 16.7. The molecule has 1 atom stereocenters. The normalized spacial score (nSPS) is 18.0. The number of carbonyl (C=O) groups excluding carboxylic acids is 1. The minimum Gasteiger partial charge on any atom is -0.444 e. The summed E-state index contributed by atoms with van der Waals surface area (Å²) in [6.45, 7) is 6.26. The van der Waals surface area contributed by atoms with Crippen molar-refractivity contribution in [1.29, 1.82) is 0 Å². The van der Waals surface area contributed by atoms with Crippen LogP contribution in [0.25, 0.3) is 11.3 Å². The zero-order chi connectivity index (χ0) is 17.3. The number of imidazole rings is 1. The molecule has 0 aliphatic carbocycles. The van der Waals surface area contributed by atoms with Crippen molar-refractivity contribution in [3.63, 3.8) is 0 Å². The van der Waals surface area contributed by atoms with Crippen molar-refractivity contribution in [1.82, 2.24) is 24.4 Å². The van der Waals surface area contributed by atoms with Gasteiger partial charge in [-0.1, -0.05) is 0 Å². The Hall–Kier alpha value is -2.15. The van der Waals surface area contributed by atoms with Crippen LogP contribution in [-0.2, 0) is 4.74 Å². The molecule has 0 N–H and O–H groups in total. The Bertz CT molecular complexity index is 723. The summed E-state index contributed by atoms with van der Waals surface area (Å²) < 4.78 is 7.48. The van der Waals surface area contributed by atoms with Crippen molar-refractivity contribution >= 4 is 17.7 Å². The van der Waals surface area contributed by atoms with Gasteiger partial charge in [0.25, 0.3) is 0 Å². The van der Waals surface area contributed by atoms with E-state index in [4.69, 9.17) is 16.3 Å². The highest BCUT2D eigenvalue weighted by atomic mass is 35.5. The molecule has 1 saturated heterocycles. The lowest BCUT2D eigenvalue weighted by Crippen LogP contribution is -2.38. The van der Waals surface area contributed by atoms with Gasteiger partial charge in [0.05, 0.1) is 18.2 Å². The first-order valence-electron chi connectivity index (χ1n) is 7.84. The number of likely N-dealkylation sites (tertiary alicyclic amines) is 1. The van der Waals surface area contributed by atoms with E-state index in [1.54, 1.807) is 29.8 Å². The predicted molar refractivity (Wildman–Crippen MR) is 89.5 cm³/mol. The van der Waals surface area contributed by atoms with Gasteiger partial charge in [-0.2, -0.15) is 0 Å². The van der Waals surface area contributed by atoms with Gasteiger partial charge in [0.15, 0.2) is 0 Å². The standard InChI is InChI=1S/C16H20ClN5O2/c1-16(2,3)24-15(23)21-6-4-5-13(21)22-10-18-9-12(22)11-7-19-14(17)20-8-11/h7-10,13H,4-6H2,1-3H3. The molecule has 0 bridgehead atoms. The van der Waals surface area contributed by atoms with E-state index in [1.807, 2.05) is 25.3 Å². The van der Waals surface area contributed by atoms with E-state index in [0.29, 0.717) is 6.54 Å². The number of halogens is 1. The van der Waals surface area contributed by atoms with Crippen LogP contribution < -0.4 is 0 Å². The second-order valence-electron chi connectivity index (χ2n) is 6.72. The number of amides is 1. The number of hydrogen-bond donors (Lipinski definition) is 0. The number of rotatable bonds is 2. The third kappa shape index (κ3) is 3.51. The SMILES string of the molecule is CC(C)(C)OC(=O)N1CCCC1n1cncc1-c1cnc(Cl)nc1. The molecule has 0 spiro atoms. The molecule has 2 aromatic rings. The first-order chi connectivity index (χ1) is 11.3. The van der Waals surface area contributed by atoms with Crippen molar-refractivity contribution in [3.05, 3.63) is 30.2 Å². The van der Waals surface area contributed by atoms with Crippen LogP contribution in [0.15, 0.2) is 24.9 Å². The highest BCUT2D eigenvalue weighted by Gasteiger charge is 2.34. The number of nitrogens with zero attached hydrogens (tertiary/aromatic N) is 5. The largest absolute Gasteiger partial charge is 0.444 e. The highest BCUT2D eigenvalue weighted by Crippen LogP contribution is 2.32. The maximum Gasteiger partial charge on any atom is 0.411 e. The lowest BCUT2D eigenvalue weighted by molar-refractivity contribution is 0.0164. The van der Waals surface area contributed by atoms with E-state index in [-0.39, 0.29) is 17.5 Å². The molecule has 1 aliphatic rings. The molecule has 1 aliphatic heterocycles. The lowest BCUT2D eigenvalue weighted by atomic mass is 10.2. The topological polar surface area (TPSA) is 73.1 Å². The molecular formula is C16H20ClN5O2. The maximum absolute atomic E-state index is 12.5. The van der Waals surface area contributed by atoms with Crippen molar-refractivity contribution in [2.75, 3.05) is 6.54 Å². The molecule has 24 heavy (non-hydrogen) atoms. The number of carbonyl (C=O) groups is 1. The highest BCUT2D eigenvalue weighted by molar-refractivity contribution is 6.28. The van der Waals surface area contributed by atoms with Crippen molar-refractivity contribution in [3.8, 4) is 11.3 Å². The second kappa shape index (κ2) is 6.39. The van der Waals surface area contributed by atoms with E-state index in [0.717, 1.165) is 24.1 Å². The quantitative estimate of drug-likeness (QED) is 0.775. The summed E-state index contributed by atoms with van der Waals surface area (Å²) in [6, 6.07) is 0. The average Bonchev–Trinajstić information content (AvgIpc) is 3.14. The molecule has 0 saturated carbocycles. The van der Waals surface area contributed by atoms with Gasteiger partial charge < -0.3 is 9.30 Å². The second-order valence-corrected chi connectivity index (χ2v) is 7.06. The Balaban J connectivity index is 1.87. The van der Waals surface area contributed by atoms with E-state index in [2.05, 4.69) is 15.0 Å². The monoisotopic (exact) mass is 349 g/mol. The van der Waals surface area contributed by atoms with Gasteiger partial charge in [-0.3, -0.25) is 4.90 Å². The van der Waals surface area contributed by atoms with Gasteiger partial charge in [0.1, 0.15) is 11.8 Å². The van der Waals surface area contributed by atoms with Crippen LogP contribution in [0.2, 0.25) is 5.28 Å². The molecule has 2 aromatic heterocycles. The molecule has 7 nitrogen and oxygen atoms in total. The van der Waals surface area contributed by atoms with Crippen molar-refractivity contribution in [2.45, 2.75) is 45.4 Å². The van der Waals surface area contributed by atoms with Crippen molar-refractivity contribution in [2.24, 2.45) is 0 Å². The fourth-order valence-corrected chi connectivity index (χ4v) is 2.88. The first-order valence-corrected chi connectivity index (χ1v) is 8.22. The van der Waals surface area contributed by atoms with Crippen LogP contribution in [0.5, 0.6) is 0 Å². The molecule has 3 rings (SSSR count). The van der Waals surface area contributed by atoms with Crippen LogP contribution in [-0.4, -0.2) is 42.7 Å². The van der Waals surface area contributed by atoms with Crippen LogP contribution in [0, 0.1) is 0 Å². The number of aromatic nitrogens is 4. The molecule has 3 heterocycles. The third-order valence-electron chi connectivity index (χ3n) is 3.75. The molecule has 0 radical (unpaired) electrons. The zero-order valence-electron chi connectivity index (χ0n) is 13.9. The van der Waals surface area contributed by atoms with Gasteiger partial charge in [0.2, 0.25) is 5.28 Å². The maximum atomic E-state index is 12.5. The molecule has 1 amide bonds. The number of ether oxygens (including phenoxy) is 1. The molecule has 128 valence electrons. The van der Waals surface area contributed by atoms with Gasteiger partial charge in [-0.15, -0.1) is 0 Å². The Morgan fingerprint density at radius 1 is 1.29 bits per heavy atom. The predicted octanol–water partition coefficient (Wildman–Crippen LogP) is 3.52. The Morgan fingerprint density at radius 3 is 2.67 bits per heavy atom. The summed E-state index contributed by atoms with van der Waals surface area (Å²) in [5.74, 6) is 0. The Morgan fingerprint density at radius 2 is 2.00 bits per heavy atom. The van der Waals surface area contributed by atoms with E-state index in [1.165, 1.54) is 0 Å². The van der Waals surface area contributed by atoms with E-state index in [9.17, 15) is 4.79 Å². The summed E-state index contributed by atoms with van der Waals surface area (Å²) in [5.41, 5.74) is 1.12. The van der Waals surface area contributed by atoms with Gasteiger partial charge in [0, 0.05) is 24.5 Å². The Kier molecular flexibility index (Phi) is 4.45. The molecule has 0 aromatic carbocycles. The summed E-state index contributed by atoms with van der Waals surface area (Å²) in [6.07, 6.45) is 8.07. The van der Waals surface area contributed by atoms with Crippen LogP contribution >= 0.6 is 11.6 Å². The Labute approximate surface area is 145 Å². The van der Waals surface area contributed by atoms with Crippen LogP contribution in [0.1, 0.15) is 39.8 Å². The minimum absolute atomic E-state index is 0.131. The van der Waals surface area contributed by atoms with Crippen LogP contribution in [0.4, 0.5) is 4.79 Å². The molecule has 8 heteroatoms. The summed E-state index contributed by atoms with van der Waals surface area (Å²) >= 11 is 5.75. The van der Waals surface area contributed by atoms with Crippen molar-refractivity contribution < 1.29 is 9.53 Å². The summed E-state index contributed by atoms with van der Waals surface area (Å²) in [4.78, 5) is 26.5. The number of hydrogen-bond acceptors (Lipinski definition) is 5.